The minimum absolute atomic E-state index is 0.0125. The number of amides is 3. The Morgan fingerprint density at radius 3 is 2.73 bits per heavy atom. The van der Waals surface area contributed by atoms with E-state index in [1.165, 1.54) is 6.20 Å². The van der Waals surface area contributed by atoms with E-state index in [-0.39, 0.29) is 41.8 Å². The maximum atomic E-state index is 13.4. The molecule has 3 amide bonds. The SMILES string of the molecule is CC(C)(C)CC(=O)N(CC1CCCO1)C1CC(C(=O)NCCN)N(C(=O)c2cccnc2)C1. The van der Waals surface area contributed by atoms with Crippen molar-refractivity contribution in [3.05, 3.63) is 30.1 Å². The molecule has 2 fully saturated rings. The topological polar surface area (TPSA) is 118 Å². The van der Waals surface area contributed by atoms with Gasteiger partial charge in [-0.1, -0.05) is 20.8 Å². The molecule has 0 bridgehead atoms. The molecule has 0 spiro atoms. The lowest BCUT2D eigenvalue weighted by Crippen LogP contribution is -2.47. The van der Waals surface area contributed by atoms with Crippen LogP contribution in [0, 0.1) is 5.41 Å². The van der Waals surface area contributed by atoms with E-state index >= 15 is 0 Å². The van der Waals surface area contributed by atoms with Gasteiger partial charge in [0.15, 0.2) is 0 Å². The highest BCUT2D eigenvalue weighted by Gasteiger charge is 2.44. The van der Waals surface area contributed by atoms with Gasteiger partial charge < -0.3 is 25.6 Å². The summed E-state index contributed by atoms with van der Waals surface area (Å²) in [5.74, 6) is -0.487. The summed E-state index contributed by atoms with van der Waals surface area (Å²) in [6, 6.07) is 2.44. The molecule has 9 heteroatoms. The van der Waals surface area contributed by atoms with E-state index in [0.717, 1.165) is 12.8 Å². The highest BCUT2D eigenvalue weighted by molar-refractivity contribution is 5.98. The monoisotopic (exact) mass is 459 g/mol. The van der Waals surface area contributed by atoms with Crippen LogP contribution in [0.25, 0.3) is 0 Å². The molecular formula is C24H37N5O4. The molecule has 1 aromatic rings. The summed E-state index contributed by atoms with van der Waals surface area (Å²) in [7, 11) is 0. The van der Waals surface area contributed by atoms with Gasteiger partial charge in [-0.05, 0) is 36.8 Å². The second-order valence-electron chi connectivity index (χ2n) is 10.1. The molecule has 0 aromatic carbocycles. The molecule has 0 aliphatic carbocycles. The van der Waals surface area contributed by atoms with Crippen molar-refractivity contribution in [2.45, 2.75) is 64.6 Å². The third kappa shape index (κ3) is 6.74. The standard InChI is InChI=1S/C24H37N5O4/c1-24(2,3)13-21(30)28(16-19-7-5-11-33-19)18-12-20(22(31)27-10-8-25)29(15-18)23(32)17-6-4-9-26-14-17/h4,6,9,14,18-20H,5,7-8,10-13,15-16,25H2,1-3H3,(H,27,31). The number of nitrogens with one attached hydrogen (secondary N) is 1. The number of nitrogens with two attached hydrogens (primary N) is 1. The molecule has 2 aliphatic rings. The first-order chi connectivity index (χ1) is 15.7. The summed E-state index contributed by atoms with van der Waals surface area (Å²) in [4.78, 5) is 47.1. The smallest absolute Gasteiger partial charge is 0.256 e. The summed E-state index contributed by atoms with van der Waals surface area (Å²) in [5.41, 5.74) is 5.80. The third-order valence-corrected chi connectivity index (χ3v) is 6.06. The van der Waals surface area contributed by atoms with E-state index in [2.05, 4.69) is 10.3 Å². The lowest BCUT2D eigenvalue weighted by Gasteiger charge is -2.33. The van der Waals surface area contributed by atoms with Gasteiger partial charge in [0.2, 0.25) is 11.8 Å². The molecule has 3 unspecified atom stereocenters. The fourth-order valence-corrected chi connectivity index (χ4v) is 4.50. The summed E-state index contributed by atoms with van der Waals surface area (Å²) in [6.07, 6.45) is 5.74. The van der Waals surface area contributed by atoms with Gasteiger partial charge in [0.05, 0.1) is 17.7 Å². The minimum Gasteiger partial charge on any atom is -0.376 e. The second kappa shape index (κ2) is 11.1. The summed E-state index contributed by atoms with van der Waals surface area (Å²) < 4.78 is 5.82. The zero-order chi connectivity index (χ0) is 24.0. The van der Waals surface area contributed by atoms with Crippen LogP contribution in [0.5, 0.6) is 0 Å². The molecule has 33 heavy (non-hydrogen) atoms. The number of hydrogen-bond donors (Lipinski definition) is 2. The molecule has 3 N–H and O–H groups in total. The van der Waals surface area contributed by atoms with Crippen molar-refractivity contribution in [2.75, 3.05) is 32.8 Å². The van der Waals surface area contributed by atoms with Crippen LogP contribution in [0.3, 0.4) is 0 Å². The maximum absolute atomic E-state index is 13.4. The Balaban J connectivity index is 1.85. The van der Waals surface area contributed by atoms with E-state index in [1.807, 2.05) is 25.7 Å². The minimum atomic E-state index is -0.677. The number of carbonyl (C=O) groups is 3. The molecule has 1 aromatic heterocycles. The van der Waals surface area contributed by atoms with Crippen LogP contribution < -0.4 is 11.1 Å². The molecule has 3 rings (SSSR count). The average molecular weight is 460 g/mol. The van der Waals surface area contributed by atoms with Crippen molar-refractivity contribution in [1.29, 1.82) is 0 Å². The van der Waals surface area contributed by atoms with Crippen LogP contribution in [-0.2, 0) is 14.3 Å². The van der Waals surface area contributed by atoms with Crippen molar-refractivity contribution < 1.29 is 19.1 Å². The van der Waals surface area contributed by atoms with Crippen molar-refractivity contribution in [3.8, 4) is 0 Å². The Morgan fingerprint density at radius 1 is 1.33 bits per heavy atom. The van der Waals surface area contributed by atoms with E-state index in [9.17, 15) is 14.4 Å². The Kier molecular flexibility index (Phi) is 8.42. The molecule has 3 atom stereocenters. The molecule has 182 valence electrons. The molecular weight excluding hydrogens is 422 g/mol. The van der Waals surface area contributed by atoms with Crippen LogP contribution in [0.15, 0.2) is 24.5 Å². The van der Waals surface area contributed by atoms with Crippen molar-refractivity contribution in [1.82, 2.24) is 20.1 Å². The van der Waals surface area contributed by atoms with Crippen LogP contribution in [0.2, 0.25) is 0 Å². The van der Waals surface area contributed by atoms with E-state index in [4.69, 9.17) is 10.5 Å². The first-order valence-electron chi connectivity index (χ1n) is 11.8. The van der Waals surface area contributed by atoms with Crippen LogP contribution >= 0.6 is 0 Å². The Hall–Kier alpha value is -2.52. The van der Waals surface area contributed by atoms with E-state index in [1.54, 1.807) is 23.2 Å². The Morgan fingerprint density at radius 2 is 2.12 bits per heavy atom. The number of rotatable bonds is 8. The van der Waals surface area contributed by atoms with Crippen LogP contribution in [-0.4, -0.2) is 83.5 Å². The van der Waals surface area contributed by atoms with E-state index in [0.29, 0.717) is 44.6 Å². The summed E-state index contributed by atoms with van der Waals surface area (Å²) in [6.45, 7) is 8.21. The average Bonchev–Trinajstić information content (AvgIpc) is 3.44. The number of ether oxygens (including phenoxy) is 1. The van der Waals surface area contributed by atoms with Gasteiger partial charge in [0, 0.05) is 51.6 Å². The highest BCUT2D eigenvalue weighted by Crippen LogP contribution is 2.29. The zero-order valence-electron chi connectivity index (χ0n) is 20.0. The van der Waals surface area contributed by atoms with Gasteiger partial charge in [-0.2, -0.15) is 0 Å². The van der Waals surface area contributed by atoms with Gasteiger partial charge in [-0.3, -0.25) is 19.4 Å². The van der Waals surface area contributed by atoms with Gasteiger partial charge in [-0.25, -0.2) is 0 Å². The number of carbonyl (C=O) groups excluding carboxylic acids is 3. The number of likely N-dealkylation sites (tertiary alicyclic amines) is 1. The Bertz CT molecular complexity index is 820. The summed E-state index contributed by atoms with van der Waals surface area (Å²) >= 11 is 0. The predicted molar refractivity (Wildman–Crippen MR) is 124 cm³/mol. The van der Waals surface area contributed by atoms with E-state index < -0.39 is 6.04 Å². The van der Waals surface area contributed by atoms with Crippen molar-refractivity contribution in [2.24, 2.45) is 11.1 Å². The zero-order valence-corrected chi connectivity index (χ0v) is 20.0. The normalized spacial score (nSPS) is 22.9. The first-order valence-corrected chi connectivity index (χ1v) is 11.8. The van der Waals surface area contributed by atoms with Gasteiger partial charge >= 0.3 is 0 Å². The Labute approximate surface area is 196 Å². The van der Waals surface area contributed by atoms with Gasteiger partial charge in [0.25, 0.3) is 5.91 Å². The van der Waals surface area contributed by atoms with Crippen LogP contribution in [0.1, 0.15) is 56.8 Å². The maximum Gasteiger partial charge on any atom is 0.256 e. The third-order valence-electron chi connectivity index (χ3n) is 6.06. The fraction of sp³-hybridized carbons (Fsp3) is 0.667. The van der Waals surface area contributed by atoms with Crippen molar-refractivity contribution in [3.63, 3.8) is 0 Å². The molecule has 2 aliphatic heterocycles. The predicted octanol–water partition coefficient (Wildman–Crippen LogP) is 1.18. The quantitative estimate of drug-likeness (QED) is 0.603. The molecule has 9 nitrogen and oxygen atoms in total. The largest absolute Gasteiger partial charge is 0.376 e. The number of pyridine rings is 1. The number of nitrogens with zero attached hydrogens (tertiary/aromatic N) is 3. The van der Waals surface area contributed by atoms with Crippen molar-refractivity contribution >= 4 is 17.7 Å². The van der Waals surface area contributed by atoms with Gasteiger partial charge in [0.1, 0.15) is 6.04 Å². The second-order valence-corrected chi connectivity index (χ2v) is 10.1. The first kappa shape index (κ1) is 25.1. The summed E-state index contributed by atoms with van der Waals surface area (Å²) in [5, 5.41) is 2.81. The number of aromatic nitrogens is 1. The number of hydrogen-bond acceptors (Lipinski definition) is 6. The lowest BCUT2D eigenvalue weighted by atomic mass is 9.91. The highest BCUT2D eigenvalue weighted by atomic mass is 16.5. The molecule has 2 saturated heterocycles. The fourth-order valence-electron chi connectivity index (χ4n) is 4.50. The molecule has 0 saturated carbocycles. The molecule has 0 radical (unpaired) electrons. The van der Waals surface area contributed by atoms with Gasteiger partial charge in [-0.15, -0.1) is 0 Å². The van der Waals surface area contributed by atoms with Crippen LogP contribution in [0.4, 0.5) is 0 Å². The molecule has 3 heterocycles. The lowest BCUT2D eigenvalue weighted by molar-refractivity contribution is -0.137.